The van der Waals surface area contributed by atoms with Crippen molar-refractivity contribution >= 4 is 33.5 Å². The first-order chi connectivity index (χ1) is 10.0. The summed E-state index contributed by atoms with van der Waals surface area (Å²) in [5.74, 6) is -1.37. The first-order valence-corrected chi connectivity index (χ1v) is 7.17. The van der Waals surface area contributed by atoms with Crippen LogP contribution in [0.1, 0.15) is 34.3 Å². The van der Waals surface area contributed by atoms with Crippen LogP contribution in [0.15, 0.2) is 35.1 Å². The lowest BCUT2D eigenvalue weighted by Gasteiger charge is -2.08. The predicted octanol–water partition coefficient (Wildman–Crippen LogP) is 3.01. The van der Waals surface area contributed by atoms with Gasteiger partial charge in [0.05, 0.1) is 11.9 Å². The van der Waals surface area contributed by atoms with Crippen LogP contribution in [0, 0.1) is 0 Å². The molecule has 2 aromatic rings. The first kappa shape index (κ1) is 15.2. The molecule has 21 heavy (non-hydrogen) atoms. The van der Waals surface area contributed by atoms with Crippen LogP contribution in [0.2, 0.25) is 0 Å². The number of aromatic carboxylic acids is 1. The molecule has 2 rings (SSSR count). The van der Waals surface area contributed by atoms with Crippen LogP contribution in [0.4, 0.5) is 5.69 Å². The number of carboxylic acid groups (broad SMARTS) is 1. The Kier molecular flexibility index (Phi) is 4.74. The van der Waals surface area contributed by atoms with E-state index in [0.717, 1.165) is 17.4 Å². The van der Waals surface area contributed by atoms with Gasteiger partial charge in [-0.1, -0.05) is 6.92 Å². The van der Waals surface area contributed by atoms with Gasteiger partial charge in [-0.2, -0.15) is 0 Å². The van der Waals surface area contributed by atoms with E-state index in [1.165, 1.54) is 18.3 Å². The van der Waals surface area contributed by atoms with Gasteiger partial charge in [0.1, 0.15) is 11.4 Å². The van der Waals surface area contributed by atoms with E-state index in [0.29, 0.717) is 11.4 Å². The Bertz CT molecular complexity index is 665. The van der Waals surface area contributed by atoms with Crippen LogP contribution in [-0.2, 0) is 6.54 Å². The van der Waals surface area contributed by atoms with Crippen molar-refractivity contribution < 1.29 is 14.7 Å². The van der Waals surface area contributed by atoms with E-state index >= 15 is 0 Å². The van der Waals surface area contributed by atoms with Gasteiger partial charge in [0, 0.05) is 17.2 Å². The molecule has 0 unspecified atom stereocenters. The van der Waals surface area contributed by atoms with Gasteiger partial charge in [-0.05, 0) is 40.5 Å². The van der Waals surface area contributed by atoms with E-state index in [4.69, 9.17) is 5.11 Å². The third-order valence-electron chi connectivity index (χ3n) is 2.80. The number of carboxylic acids is 1. The molecule has 0 aliphatic carbocycles. The topological polar surface area (TPSA) is 84.2 Å². The normalized spacial score (nSPS) is 10.4. The van der Waals surface area contributed by atoms with Gasteiger partial charge in [-0.25, -0.2) is 9.78 Å². The van der Waals surface area contributed by atoms with Gasteiger partial charge >= 0.3 is 5.97 Å². The largest absolute Gasteiger partial charge is 0.477 e. The van der Waals surface area contributed by atoms with Crippen LogP contribution in [0.5, 0.6) is 0 Å². The number of hydrogen-bond acceptors (Lipinski definition) is 3. The van der Waals surface area contributed by atoms with Crippen molar-refractivity contribution in [2.45, 2.75) is 19.9 Å². The van der Waals surface area contributed by atoms with Crippen molar-refractivity contribution in [2.24, 2.45) is 0 Å². The van der Waals surface area contributed by atoms with Crippen LogP contribution < -0.4 is 5.32 Å². The van der Waals surface area contributed by atoms with Crippen molar-refractivity contribution in [1.29, 1.82) is 0 Å². The highest BCUT2D eigenvalue weighted by molar-refractivity contribution is 9.10. The van der Waals surface area contributed by atoms with Crippen molar-refractivity contribution in [2.75, 3.05) is 5.32 Å². The summed E-state index contributed by atoms with van der Waals surface area (Å²) >= 11 is 3.35. The average Bonchev–Trinajstić information content (AvgIpc) is 2.81. The Hall–Kier alpha value is -2.15. The molecule has 0 aromatic carbocycles. The lowest BCUT2D eigenvalue weighted by Crippen LogP contribution is -2.17. The molecule has 0 aliphatic heterocycles. The van der Waals surface area contributed by atoms with E-state index in [2.05, 4.69) is 26.2 Å². The summed E-state index contributed by atoms with van der Waals surface area (Å²) in [7, 11) is 0. The fourth-order valence-electron chi connectivity index (χ4n) is 1.88. The molecule has 6 nitrogen and oxygen atoms in total. The molecule has 0 spiro atoms. The lowest BCUT2D eigenvalue weighted by atomic mass is 10.3. The summed E-state index contributed by atoms with van der Waals surface area (Å²) in [4.78, 5) is 26.7. The number of halogens is 1. The molecule has 2 heterocycles. The van der Waals surface area contributed by atoms with Crippen LogP contribution in [0.3, 0.4) is 0 Å². The van der Waals surface area contributed by atoms with Gasteiger partial charge in [0.2, 0.25) is 0 Å². The molecule has 7 heteroatoms. The Morgan fingerprint density at radius 3 is 2.76 bits per heavy atom. The maximum atomic E-state index is 12.2. The molecule has 1 amide bonds. The number of aryl methyl sites for hydroxylation is 1. The molecular formula is C14H14BrN3O3. The Morgan fingerprint density at radius 1 is 1.43 bits per heavy atom. The second-order valence-corrected chi connectivity index (χ2v) is 5.34. The molecule has 0 saturated carbocycles. The SMILES string of the molecule is CCCn1cc(Br)cc1C(=O)Nc1ccc(C(=O)O)nc1. The van der Waals surface area contributed by atoms with E-state index in [-0.39, 0.29) is 11.6 Å². The van der Waals surface area contributed by atoms with E-state index in [1.807, 2.05) is 17.7 Å². The monoisotopic (exact) mass is 351 g/mol. The minimum absolute atomic E-state index is 0.0647. The van der Waals surface area contributed by atoms with Gasteiger partial charge in [-0.15, -0.1) is 0 Å². The number of carbonyl (C=O) groups is 2. The Labute approximate surface area is 129 Å². The molecule has 0 saturated heterocycles. The quantitative estimate of drug-likeness (QED) is 0.866. The van der Waals surface area contributed by atoms with Crippen molar-refractivity contribution in [3.8, 4) is 0 Å². The zero-order chi connectivity index (χ0) is 15.4. The molecular weight excluding hydrogens is 338 g/mol. The highest BCUT2D eigenvalue weighted by Crippen LogP contribution is 2.17. The molecule has 0 aliphatic rings. The van der Waals surface area contributed by atoms with E-state index < -0.39 is 5.97 Å². The van der Waals surface area contributed by atoms with E-state index in [9.17, 15) is 9.59 Å². The molecule has 110 valence electrons. The third-order valence-corrected chi connectivity index (χ3v) is 3.23. The number of carbonyl (C=O) groups excluding carboxylic acids is 1. The van der Waals surface area contributed by atoms with Gasteiger partial charge in [0.15, 0.2) is 0 Å². The molecule has 0 bridgehead atoms. The Morgan fingerprint density at radius 2 is 2.19 bits per heavy atom. The number of anilines is 1. The van der Waals surface area contributed by atoms with Crippen molar-refractivity contribution in [3.05, 3.63) is 46.5 Å². The average molecular weight is 352 g/mol. The molecule has 0 fully saturated rings. The number of nitrogens with one attached hydrogen (secondary N) is 1. The van der Waals surface area contributed by atoms with Gasteiger partial charge in [-0.3, -0.25) is 4.79 Å². The third kappa shape index (κ3) is 3.69. The fourth-order valence-corrected chi connectivity index (χ4v) is 2.34. The van der Waals surface area contributed by atoms with E-state index in [1.54, 1.807) is 6.07 Å². The second kappa shape index (κ2) is 6.53. The summed E-state index contributed by atoms with van der Waals surface area (Å²) in [5, 5.41) is 11.5. The van der Waals surface area contributed by atoms with Crippen molar-refractivity contribution in [3.63, 3.8) is 0 Å². The Balaban J connectivity index is 2.15. The molecule has 2 N–H and O–H groups in total. The number of pyridine rings is 1. The lowest BCUT2D eigenvalue weighted by molar-refractivity contribution is 0.0690. The fraction of sp³-hybridized carbons (Fsp3) is 0.214. The van der Waals surface area contributed by atoms with Crippen LogP contribution in [-0.4, -0.2) is 26.5 Å². The number of rotatable bonds is 5. The number of aromatic nitrogens is 2. The molecule has 0 atom stereocenters. The minimum atomic E-state index is -1.10. The number of amides is 1. The first-order valence-electron chi connectivity index (χ1n) is 6.37. The summed E-state index contributed by atoms with van der Waals surface area (Å²) in [6.07, 6.45) is 4.09. The summed E-state index contributed by atoms with van der Waals surface area (Å²) in [6, 6.07) is 4.60. The number of nitrogens with zero attached hydrogens (tertiary/aromatic N) is 2. The summed E-state index contributed by atoms with van der Waals surface area (Å²) < 4.78 is 2.69. The van der Waals surface area contributed by atoms with Crippen molar-refractivity contribution in [1.82, 2.24) is 9.55 Å². The zero-order valence-corrected chi connectivity index (χ0v) is 12.9. The summed E-state index contributed by atoms with van der Waals surface area (Å²) in [6.45, 7) is 2.77. The number of hydrogen-bond donors (Lipinski definition) is 2. The van der Waals surface area contributed by atoms with Gasteiger partial charge in [0.25, 0.3) is 5.91 Å². The minimum Gasteiger partial charge on any atom is -0.477 e. The second-order valence-electron chi connectivity index (χ2n) is 4.43. The predicted molar refractivity (Wildman–Crippen MR) is 81.6 cm³/mol. The maximum absolute atomic E-state index is 12.2. The standard InChI is InChI=1S/C14H14BrN3O3/c1-2-5-18-8-9(15)6-12(18)13(19)17-10-3-4-11(14(20)21)16-7-10/h3-4,6-8H,2,5H2,1H3,(H,17,19)(H,20,21). The van der Waals surface area contributed by atoms with Crippen LogP contribution >= 0.6 is 15.9 Å². The smallest absolute Gasteiger partial charge is 0.354 e. The van der Waals surface area contributed by atoms with Crippen LogP contribution in [0.25, 0.3) is 0 Å². The highest BCUT2D eigenvalue weighted by atomic mass is 79.9. The highest BCUT2D eigenvalue weighted by Gasteiger charge is 2.13. The molecule has 0 radical (unpaired) electrons. The summed E-state index contributed by atoms with van der Waals surface area (Å²) in [5.41, 5.74) is 0.918. The van der Waals surface area contributed by atoms with Gasteiger partial charge < -0.3 is 15.0 Å². The zero-order valence-electron chi connectivity index (χ0n) is 11.3. The molecule has 2 aromatic heterocycles. The maximum Gasteiger partial charge on any atom is 0.354 e.